The van der Waals surface area contributed by atoms with Gasteiger partial charge in [-0.05, 0) is 12.8 Å². The van der Waals surface area contributed by atoms with Gasteiger partial charge in [0.2, 0.25) is 0 Å². The molecule has 0 saturated carbocycles. The number of ether oxygens (including phenoxy) is 1. The summed E-state index contributed by atoms with van der Waals surface area (Å²) in [5.41, 5.74) is 2.86. The molecule has 0 aromatic heterocycles. The molecular formula is C11H26N2O. The summed E-state index contributed by atoms with van der Waals surface area (Å²) in [4.78, 5) is 0. The van der Waals surface area contributed by atoms with Gasteiger partial charge in [0.05, 0.1) is 6.10 Å². The zero-order valence-electron chi connectivity index (χ0n) is 9.88. The van der Waals surface area contributed by atoms with Crippen LogP contribution in [0.25, 0.3) is 0 Å². The topological polar surface area (TPSA) is 47.3 Å². The summed E-state index contributed by atoms with van der Waals surface area (Å²) >= 11 is 0. The second-order valence-corrected chi connectivity index (χ2v) is 3.80. The van der Waals surface area contributed by atoms with Gasteiger partial charge in [-0.25, -0.2) is 0 Å². The van der Waals surface area contributed by atoms with Gasteiger partial charge in [0, 0.05) is 13.2 Å². The van der Waals surface area contributed by atoms with E-state index in [2.05, 4.69) is 19.3 Å². The zero-order valence-corrected chi connectivity index (χ0v) is 9.88. The number of hydrogen-bond donors (Lipinski definition) is 2. The molecule has 0 aliphatic rings. The van der Waals surface area contributed by atoms with Crippen LogP contribution in [0, 0.1) is 0 Å². The fourth-order valence-electron chi connectivity index (χ4n) is 1.78. The van der Waals surface area contributed by atoms with Crippen LogP contribution in [0.15, 0.2) is 0 Å². The number of hydrazine groups is 1. The maximum Gasteiger partial charge on any atom is 0.0735 e. The lowest BCUT2D eigenvalue weighted by atomic mass is 10.0. The Bertz CT molecular complexity index is 116. The molecule has 2 unspecified atom stereocenters. The van der Waals surface area contributed by atoms with Crippen molar-refractivity contribution >= 4 is 0 Å². The van der Waals surface area contributed by atoms with Crippen molar-refractivity contribution in [3.8, 4) is 0 Å². The molecule has 0 rings (SSSR count). The SMILES string of the molecule is CCCCCCC(NN)C(CC)OC. The van der Waals surface area contributed by atoms with Crippen LogP contribution in [-0.4, -0.2) is 19.3 Å². The first kappa shape index (κ1) is 13.9. The van der Waals surface area contributed by atoms with Crippen LogP contribution >= 0.6 is 0 Å². The van der Waals surface area contributed by atoms with Crippen LogP contribution in [0.3, 0.4) is 0 Å². The minimum absolute atomic E-state index is 0.252. The van der Waals surface area contributed by atoms with Gasteiger partial charge in [0.25, 0.3) is 0 Å². The molecular weight excluding hydrogens is 176 g/mol. The predicted octanol–water partition coefficient (Wildman–Crippen LogP) is 2.21. The molecule has 14 heavy (non-hydrogen) atoms. The number of hydrogen-bond acceptors (Lipinski definition) is 3. The van der Waals surface area contributed by atoms with E-state index >= 15 is 0 Å². The van der Waals surface area contributed by atoms with Gasteiger partial charge in [-0.1, -0.05) is 39.5 Å². The second-order valence-electron chi connectivity index (χ2n) is 3.80. The summed E-state index contributed by atoms with van der Waals surface area (Å²) < 4.78 is 5.37. The average molecular weight is 202 g/mol. The van der Waals surface area contributed by atoms with Crippen molar-refractivity contribution < 1.29 is 4.74 Å². The predicted molar refractivity (Wildman–Crippen MR) is 61.0 cm³/mol. The number of methoxy groups -OCH3 is 1. The van der Waals surface area contributed by atoms with E-state index < -0.39 is 0 Å². The van der Waals surface area contributed by atoms with Crippen molar-refractivity contribution in [3.63, 3.8) is 0 Å². The van der Waals surface area contributed by atoms with Crippen LogP contribution in [0.1, 0.15) is 52.4 Å². The molecule has 3 N–H and O–H groups in total. The van der Waals surface area contributed by atoms with Gasteiger partial charge < -0.3 is 4.74 Å². The Hall–Kier alpha value is -0.120. The molecule has 0 fully saturated rings. The highest BCUT2D eigenvalue weighted by atomic mass is 16.5. The van der Waals surface area contributed by atoms with E-state index in [-0.39, 0.29) is 6.10 Å². The molecule has 0 aliphatic heterocycles. The van der Waals surface area contributed by atoms with Gasteiger partial charge in [0.15, 0.2) is 0 Å². The summed E-state index contributed by atoms with van der Waals surface area (Å²) in [5, 5.41) is 0. The van der Waals surface area contributed by atoms with E-state index in [1.54, 1.807) is 7.11 Å². The maximum atomic E-state index is 5.51. The van der Waals surface area contributed by atoms with Crippen LogP contribution in [0.4, 0.5) is 0 Å². The first-order valence-corrected chi connectivity index (χ1v) is 5.79. The molecule has 0 amide bonds. The van der Waals surface area contributed by atoms with Gasteiger partial charge in [0.1, 0.15) is 0 Å². The number of rotatable bonds is 9. The minimum Gasteiger partial charge on any atom is -0.380 e. The smallest absolute Gasteiger partial charge is 0.0735 e. The molecule has 3 heteroatoms. The fraction of sp³-hybridized carbons (Fsp3) is 1.00. The van der Waals surface area contributed by atoms with Gasteiger partial charge in [-0.3, -0.25) is 11.3 Å². The third kappa shape index (κ3) is 5.58. The van der Waals surface area contributed by atoms with Crippen LogP contribution in [0.2, 0.25) is 0 Å². The van der Waals surface area contributed by atoms with Crippen molar-refractivity contribution in [3.05, 3.63) is 0 Å². The maximum absolute atomic E-state index is 5.51. The van der Waals surface area contributed by atoms with E-state index in [0.717, 1.165) is 12.8 Å². The first-order valence-electron chi connectivity index (χ1n) is 5.79. The van der Waals surface area contributed by atoms with Crippen LogP contribution < -0.4 is 11.3 Å². The van der Waals surface area contributed by atoms with E-state index in [1.807, 2.05) is 0 Å². The van der Waals surface area contributed by atoms with Crippen LogP contribution in [0.5, 0.6) is 0 Å². The molecule has 0 aliphatic carbocycles. The lowest BCUT2D eigenvalue weighted by molar-refractivity contribution is 0.0616. The van der Waals surface area contributed by atoms with Crippen molar-refractivity contribution in [1.82, 2.24) is 5.43 Å². The molecule has 3 nitrogen and oxygen atoms in total. The zero-order chi connectivity index (χ0) is 10.8. The molecule has 2 atom stereocenters. The van der Waals surface area contributed by atoms with Crippen molar-refractivity contribution in [2.75, 3.05) is 7.11 Å². The molecule has 0 heterocycles. The highest BCUT2D eigenvalue weighted by Crippen LogP contribution is 2.11. The van der Waals surface area contributed by atoms with Crippen molar-refractivity contribution in [2.24, 2.45) is 5.84 Å². The minimum atomic E-state index is 0.252. The largest absolute Gasteiger partial charge is 0.380 e. The third-order valence-corrected chi connectivity index (χ3v) is 2.74. The highest BCUT2D eigenvalue weighted by molar-refractivity contribution is 4.73. The van der Waals surface area contributed by atoms with E-state index in [0.29, 0.717) is 6.04 Å². The number of nitrogens with one attached hydrogen (secondary N) is 1. The molecule has 0 aromatic carbocycles. The summed E-state index contributed by atoms with van der Waals surface area (Å²) in [6.45, 7) is 4.35. The third-order valence-electron chi connectivity index (χ3n) is 2.74. The van der Waals surface area contributed by atoms with E-state index in [4.69, 9.17) is 10.6 Å². The van der Waals surface area contributed by atoms with Crippen LogP contribution in [-0.2, 0) is 4.74 Å². The summed E-state index contributed by atoms with van der Waals surface area (Å²) in [6, 6.07) is 0.307. The van der Waals surface area contributed by atoms with Gasteiger partial charge in [-0.15, -0.1) is 0 Å². The second kappa shape index (κ2) is 9.44. The standard InChI is InChI=1S/C11H26N2O/c1-4-6-7-8-9-10(13-12)11(5-2)14-3/h10-11,13H,4-9,12H2,1-3H3. The van der Waals surface area contributed by atoms with Gasteiger partial charge >= 0.3 is 0 Å². The average Bonchev–Trinajstić information content (AvgIpc) is 2.23. The molecule has 0 spiro atoms. The quantitative estimate of drug-likeness (QED) is 0.342. The Morgan fingerprint density at radius 3 is 2.36 bits per heavy atom. The normalized spacial score (nSPS) is 15.4. The Morgan fingerprint density at radius 2 is 1.93 bits per heavy atom. The van der Waals surface area contributed by atoms with E-state index in [9.17, 15) is 0 Å². The molecule has 86 valence electrons. The lowest BCUT2D eigenvalue weighted by Crippen LogP contribution is -2.44. The van der Waals surface area contributed by atoms with E-state index in [1.165, 1.54) is 25.7 Å². The molecule has 0 saturated heterocycles. The Labute approximate surface area is 88.4 Å². The molecule has 0 radical (unpaired) electrons. The molecule has 0 bridgehead atoms. The van der Waals surface area contributed by atoms with Crippen molar-refractivity contribution in [1.29, 1.82) is 0 Å². The summed E-state index contributed by atoms with van der Waals surface area (Å²) in [5.74, 6) is 5.51. The first-order chi connectivity index (χ1) is 6.79. The number of nitrogens with two attached hydrogens (primary N) is 1. The molecule has 0 aromatic rings. The van der Waals surface area contributed by atoms with Gasteiger partial charge in [-0.2, -0.15) is 0 Å². The number of unbranched alkanes of at least 4 members (excludes halogenated alkanes) is 3. The summed E-state index contributed by atoms with van der Waals surface area (Å²) in [6.07, 6.45) is 7.52. The summed E-state index contributed by atoms with van der Waals surface area (Å²) in [7, 11) is 1.75. The van der Waals surface area contributed by atoms with Crippen molar-refractivity contribution in [2.45, 2.75) is 64.5 Å². The Kier molecular flexibility index (Phi) is 9.35. The Balaban J connectivity index is 3.65. The highest BCUT2D eigenvalue weighted by Gasteiger charge is 2.17. The fourth-order valence-corrected chi connectivity index (χ4v) is 1.78. The Morgan fingerprint density at radius 1 is 1.21 bits per heavy atom. The monoisotopic (exact) mass is 202 g/mol. The lowest BCUT2D eigenvalue weighted by Gasteiger charge is -2.24.